The summed E-state index contributed by atoms with van der Waals surface area (Å²) in [6, 6.07) is 7.14. The van der Waals surface area contributed by atoms with Crippen molar-refractivity contribution in [3.05, 3.63) is 35.9 Å². The van der Waals surface area contributed by atoms with E-state index in [0.717, 1.165) is 12.8 Å². The molecule has 7 nitrogen and oxygen atoms in total. The monoisotopic (exact) mass is 291 g/mol. The summed E-state index contributed by atoms with van der Waals surface area (Å²) >= 11 is 0. The van der Waals surface area contributed by atoms with Crippen LogP contribution in [0.25, 0.3) is 0 Å². The molecule has 1 aliphatic carbocycles. The van der Waals surface area contributed by atoms with Gasteiger partial charge >= 0.3 is 12.0 Å². The van der Waals surface area contributed by atoms with Crippen LogP contribution in [0.2, 0.25) is 0 Å². The number of amides is 3. The third-order valence-electron chi connectivity index (χ3n) is 3.01. The standard InChI is InChI=1S/C14H17N3O4/c18-11(17-14(21)16-10-6-7-10)8-15-12(13(19)20)9-4-2-1-3-5-9/h1-5,10,12,15H,6-8H2,(H,19,20)(H2,16,17,18,21). The van der Waals surface area contributed by atoms with Gasteiger partial charge < -0.3 is 10.4 Å². The number of hydrogen-bond donors (Lipinski definition) is 4. The van der Waals surface area contributed by atoms with Gasteiger partial charge in [0, 0.05) is 6.04 Å². The first-order valence-corrected chi connectivity index (χ1v) is 6.67. The number of carboxylic acid groups (broad SMARTS) is 1. The molecule has 3 amide bonds. The average molecular weight is 291 g/mol. The molecule has 1 saturated carbocycles. The fourth-order valence-corrected chi connectivity index (χ4v) is 1.81. The van der Waals surface area contributed by atoms with Crippen LogP contribution in [0.5, 0.6) is 0 Å². The van der Waals surface area contributed by atoms with Crippen molar-refractivity contribution in [2.75, 3.05) is 6.54 Å². The highest BCUT2D eigenvalue weighted by Gasteiger charge is 2.24. The van der Waals surface area contributed by atoms with Crippen molar-refractivity contribution in [3.8, 4) is 0 Å². The van der Waals surface area contributed by atoms with Crippen molar-refractivity contribution in [2.45, 2.75) is 24.9 Å². The van der Waals surface area contributed by atoms with Crippen LogP contribution in [0.3, 0.4) is 0 Å². The molecule has 4 N–H and O–H groups in total. The zero-order valence-corrected chi connectivity index (χ0v) is 11.3. The number of hydrogen-bond acceptors (Lipinski definition) is 4. The molecule has 1 unspecified atom stereocenters. The van der Waals surface area contributed by atoms with Crippen LogP contribution < -0.4 is 16.0 Å². The molecule has 112 valence electrons. The number of carboxylic acids is 1. The van der Waals surface area contributed by atoms with E-state index in [0.29, 0.717) is 5.56 Å². The van der Waals surface area contributed by atoms with Gasteiger partial charge in [-0.2, -0.15) is 0 Å². The first kappa shape index (κ1) is 15.0. The molecular formula is C14H17N3O4. The summed E-state index contributed by atoms with van der Waals surface area (Å²) in [5.41, 5.74) is 0.542. The summed E-state index contributed by atoms with van der Waals surface area (Å²) in [6.45, 7) is -0.260. The van der Waals surface area contributed by atoms with Gasteiger partial charge in [-0.15, -0.1) is 0 Å². The van der Waals surface area contributed by atoms with Crippen molar-refractivity contribution in [3.63, 3.8) is 0 Å². The van der Waals surface area contributed by atoms with Gasteiger partial charge in [0.05, 0.1) is 6.54 Å². The number of benzene rings is 1. The van der Waals surface area contributed by atoms with E-state index in [1.54, 1.807) is 30.3 Å². The van der Waals surface area contributed by atoms with E-state index in [-0.39, 0.29) is 12.6 Å². The molecule has 7 heteroatoms. The second-order valence-electron chi connectivity index (χ2n) is 4.86. The Bertz CT molecular complexity index is 528. The average Bonchev–Trinajstić information content (AvgIpc) is 3.23. The Kier molecular flexibility index (Phi) is 4.89. The van der Waals surface area contributed by atoms with Gasteiger partial charge in [-0.05, 0) is 18.4 Å². The van der Waals surface area contributed by atoms with Crippen LogP contribution in [0.15, 0.2) is 30.3 Å². The number of carbonyl (C=O) groups is 3. The topological polar surface area (TPSA) is 108 Å². The van der Waals surface area contributed by atoms with Gasteiger partial charge in [-0.3, -0.25) is 20.2 Å². The molecule has 2 rings (SSSR count). The quantitative estimate of drug-likeness (QED) is 0.606. The SMILES string of the molecule is O=C(CNC(C(=O)O)c1ccccc1)NC(=O)NC1CC1. The van der Waals surface area contributed by atoms with Crippen molar-refractivity contribution in [1.82, 2.24) is 16.0 Å². The lowest BCUT2D eigenvalue weighted by molar-refractivity contribution is -0.139. The molecule has 0 aromatic heterocycles. The summed E-state index contributed by atoms with van der Waals surface area (Å²) < 4.78 is 0. The van der Waals surface area contributed by atoms with Crippen molar-refractivity contribution >= 4 is 17.9 Å². The summed E-state index contributed by atoms with van der Waals surface area (Å²) in [5, 5.41) is 16.6. The van der Waals surface area contributed by atoms with E-state index in [1.807, 2.05) is 0 Å². The fraction of sp³-hybridized carbons (Fsp3) is 0.357. The number of urea groups is 1. The Balaban J connectivity index is 1.82. The summed E-state index contributed by atoms with van der Waals surface area (Å²) in [6.07, 6.45) is 1.85. The van der Waals surface area contributed by atoms with E-state index in [2.05, 4.69) is 16.0 Å². The Morgan fingerprint density at radius 1 is 1.19 bits per heavy atom. The molecule has 1 aliphatic rings. The molecule has 21 heavy (non-hydrogen) atoms. The molecular weight excluding hydrogens is 274 g/mol. The van der Waals surface area contributed by atoms with Crippen LogP contribution in [-0.2, 0) is 9.59 Å². The number of rotatable bonds is 6. The lowest BCUT2D eigenvalue weighted by atomic mass is 10.1. The minimum Gasteiger partial charge on any atom is -0.480 e. The van der Waals surface area contributed by atoms with Crippen molar-refractivity contribution in [2.24, 2.45) is 0 Å². The van der Waals surface area contributed by atoms with E-state index in [9.17, 15) is 19.5 Å². The number of imide groups is 1. The van der Waals surface area contributed by atoms with Crippen molar-refractivity contribution in [1.29, 1.82) is 0 Å². The van der Waals surface area contributed by atoms with Crippen LogP contribution in [0.4, 0.5) is 4.79 Å². The molecule has 1 aromatic carbocycles. The highest BCUT2D eigenvalue weighted by Crippen LogP contribution is 2.18. The highest BCUT2D eigenvalue weighted by molar-refractivity contribution is 5.95. The molecule has 0 spiro atoms. The zero-order valence-electron chi connectivity index (χ0n) is 11.3. The maximum atomic E-state index is 11.6. The van der Waals surface area contributed by atoms with Gasteiger partial charge in [0.25, 0.3) is 0 Å². The van der Waals surface area contributed by atoms with Crippen LogP contribution in [-0.4, -0.2) is 35.6 Å². The molecule has 0 aliphatic heterocycles. The Hall–Kier alpha value is -2.41. The summed E-state index contributed by atoms with van der Waals surface area (Å²) in [4.78, 5) is 34.2. The molecule has 0 heterocycles. The van der Waals surface area contributed by atoms with Crippen molar-refractivity contribution < 1.29 is 19.5 Å². The summed E-state index contributed by atoms with van der Waals surface area (Å²) in [7, 11) is 0. The molecule has 0 saturated heterocycles. The Labute approximate surface area is 121 Å². The van der Waals surface area contributed by atoms with E-state index in [4.69, 9.17) is 0 Å². The Morgan fingerprint density at radius 2 is 1.86 bits per heavy atom. The van der Waals surface area contributed by atoms with Gasteiger partial charge in [0.1, 0.15) is 6.04 Å². The second-order valence-corrected chi connectivity index (χ2v) is 4.86. The highest BCUT2D eigenvalue weighted by atomic mass is 16.4. The van der Waals surface area contributed by atoms with E-state index < -0.39 is 23.9 Å². The van der Waals surface area contributed by atoms with Crippen LogP contribution in [0, 0.1) is 0 Å². The molecule has 1 aromatic rings. The Morgan fingerprint density at radius 3 is 2.43 bits per heavy atom. The maximum Gasteiger partial charge on any atom is 0.325 e. The third-order valence-corrected chi connectivity index (χ3v) is 3.01. The zero-order chi connectivity index (χ0) is 15.2. The first-order chi connectivity index (χ1) is 10.1. The smallest absolute Gasteiger partial charge is 0.325 e. The largest absolute Gasteiger partial charge is 0.480 e. The van der Waals surface area contributed by atoms with Gasteiger partial charge in [0.2, 0.25) is 5.91 Å². The predicted octanol–water partition coefficient (Wildman–Crippen LogP) is 0.390. The third kappa shape index (κ3) is 4.88. The minimum absolute atomic E-state index is 0.154. The second kappa shape index (κ2) is 6.85. The molecule has 0 bridgehead atoms. The van der Waals surface area contributed by atoms with E-state index in [1.165, 1.54) is 0 Å². The lowest BCUT2D eigenvalue weighted by Gasteiger charge is -2.14. The predicted molar refractivity (Wildman–Crippen MR) is 74.5 cm³/mol. The number of nitrogens with one attached hydrogen (secondary N) is 3. The van der Waals surface area contributed by atoms with Crippen LogP contribution in [0.1, 0.15) is 24.4 Å². The molecule has 0 radical (unpaired) electrons. The van der Waals surface area contributed by atoms with Gasteiger partial charge in [-0.1, -0.05) is 30.3 Å². The lowest BCUT2D eigenvalue weighted by Crippen LogP contribution is -2.45. The number of carbonyl (C=O) groups excluding carboxylic acids is 2. The van der Waals surface area contributed by atoms with E-state index >= 15 is 0 Å². The molecule has 1 fully saturated rings. The van der Waals surface area contributed by atoms with Gasteiger partial charge in [-0.25, -0.2) is 4.79 Å². The fourth-order valence-electron chi connectivity index (χ4n) is 1.81. The summed E-state index contributed by atoms with van der Waals surface area (Å²) in [5.74, 6) is -1.66. The normalized spacial score (nSPS) is 15.0. The van der Waals surface area contributed by atoms with Crippen LogP contribution >= 0.6 is 0 Å². The number of aliphatic carboxylic acids is 1. The maximum absolute atomic E-state index is 11.6. The van der Waals surface area contributed by atoms with Gasteiger partial charge in [0.15, 0.2) is 0 Å². The minimum atomic E-state index is -1.09. The molecule has 1 atom stereocenters. The first-order valence-electron chi connectivity index (χ1n) is 6.67.